The Balaban J connectivity index is 1.57. The zero-order valence-corrected chi connectivity index (χ0v) is 31.4. The molecule has 0 aromatic heterocycles. The first-order valence-corrected chi connectivity index (χ1v) is 18.1. The van der Waals surface area contributed by atoms with Crippen molar-refractivity contribution in [3.05, 3.63) is 88.0 Å². The van der Waals surface area contributed by atoms with Gasteiger partial charge >= 0.3 is 5.97 Å². The highest BCUT2D eigenvalue weighted by Crippen LogP contribution is 2.37. The van der Waals surface area contributed by atoms with Crippen LogP contribution in [0.3, 0.4) is 0 Å². The molecule has 4 rings (SSSR count). The third kappa shape index (κ3) is 10.6. The molecule has 1 aliphatic rings. The molecule has 1 aliphatic heterocycles. The van der Waals surface area contributed by atoms with Gasteiger partial charge in [0.25, 0.3) is 0 Å². The Hall–Kier alpha value is -4.37. The van der Waals surface area contributed by atoms with Gasteiger partial charge in [0.05, 0.1) is 20.1 Å². The van der Waals surface area contributed by atoms with E-state index in [4.69, 9.17) is 23.7 Å². The zero-order valence-electron chi connectivity index (χ0n) is 31.4. The van der Waals surface area contributed by atoms with E-state index >= 15 is 0 Å². The van der Waals surface area contributed by atoms with Crippen molar-refractivity contribution in [2.45, 2.75) is 97.1 Å². The quantitative estimate of drug-likeness (QED) is 0.0979. The van der Waals surface area contributed by atoms with Gasteiger partial charge in [-0.15, -0.1) is 0 Å². The van der Waals surface area contributed by atoms with E-state index in [9.17, 15) is 14.4 Å². The van der Waals surface area contributed by atoms with Crippen molar-refractivity contribution in [3.8, 4) is 17.2 Å². The molecule has 9 nitrogen and oxygen atoms in total. The molecule has 1 fully saturated rings. The number of piperidine rings is 1. The monoisotopic (exact) mass is 701 g/mol. The van der Waals surface area contributed by atoms with Gasteiger partial charge in [-0.25, -0.2) is 4.79 Å². The fourth-order valence-corrected chi connectivity index (χ4v) is 6.80. The van der Waals surface area contributed by atoms with E-state index in [1.165, 1.54) is 11.1 Å². The summed E-state index contributed by atoms with van der Waals surface area (Å²) in [7, 11) is 4.80. The number of amides is 1. The average molecular weight is 702 g/mol. The number of likely N-dealkylation sites (tertiary alicyclic amines) is 1. The molecule has 1 saturated heterocycles. The van der Waals surface area contributed by atoms with E-state index in [0.717, 1.165) is 35.1 Å². The minimum atomic E-state index is -0.699. The first-order chi connectivity index (χ1) is 24.6. The molecule has 0 spiro atoms. The van der Waals surface area contributed by atoms with E-state index < -0.39 is 24.0 Å². The van der Waals surface area contributed by atoms with Crippen LogP contribution < -0.4 is 14.2 Å². The number of ether oxygens (including phenoxy) is 5. The van der Waals surface area contributed by atoms with Crippen molar-refractivity contribution in [3.63, 3.8) is 0 Å². The summed E-state index contributed by atoms with van der Waals surface area (Å²) in [6, 6.07) is 16.9. The van der Waals surface area contributed by atoms with Crippen LogP contribution >= 0.6 is 0 Å². The Morgan fingerprint density at radius 1 is 0.882 bits per heavy atom. The van der Waals surface area contributed by atoms with Gasteiger partial charge in [0.1, 0.15) is 24.5 Å². The lowest BCUT2D eigenvalue weighted by atomic mass is 9.91. The maximum atomic E-state index is 14.3. The van der Waals surface area contributed by atoms with Crippen LogP contribution in [-0.4, -0.2) is 69.7 Å². The molecular weight excluding hydrogens is 646 g/mol. The van der Waals surface area contributed by atoms with Crippen molar-refractivity contribution in [1.82, 2.24) is 4.90 Å². The van der Waals surface area contributed by atoms with Crippen LogP contribution in [0, 0.1) is 20.8 Å². The summed E-state index contributed by atoms with van der Waals surface area (Å²) >= 11 is 0. The normalized spacial score (nSPS) is 15.5. The second kappa shape index (κ2) is 19.3. The first kappa shape index (κ1) is 39.4. The highest BCUT2D eigenvalue weighted by Gasteiger charge is 2.38. The molecule has 0 aliphatic carbocycles. The van der Waals surface area contributed by atoms with Crippen LogP contribution in [0.25, 0.3) is 0 Å². The van der Waals surface area contributed by atoms with E-state index in [1.54, 1.807) is 32.3 Å². The molecular formula is C42H55NO8. The molecule has 0 radical (unpaired) electrons. The smallest absolute Gasteiger partial charge is 0.329 e. The molecule has 0 N–H and O–H groups in total. The number of nitrogens with zero attached hydrogens (tertiary/aromatic N) is 1. The van der Waals surface area contributed by atoms with Crippen LogP contribution in [0.15, 0.2) is 54.6 Å². The Bertz CT molecular complexity index is 1640. The Labute approximate surface area is 303 Å². The lowest BCUT2D eigenvalue weighted by molar-refractivity contribution is -0.162. The SMILES string of the molecule is CC[C@H](C(=O)N1CCCC[C@H]1C(=O)OC(CCc1ccc(C)c(C)c1)c1cccc(OCC(=O)CCCOC)c1)c1cc(C)c(OC)c(OC)c1. The maximum Gasteiger partial charge on any atom is 0.329 e. The number of aryl methyl sites for hydroxylation is 4. The fraction of sp³-hybridized carbons (Fsp3) is 0.500. The molecule has 9 heteroatoms. The third-order valence-electron chi connectivity index (χ3n) is 9.81. The largest absolute Gasteiger partial charge is 0.493 e. The fourth-order valence-electron chi connectivity index (χ4n) is 6.80. The lowest BCUT2D eigenvalue weighted by Crippen LogP contribution is -2.50. The topological polar surface area (TPSA) is 101 Å². The van der Waals surface area contributed by atoms with Crippen molar-refractivity contribution in [2.75, 3.05) is 41.1 Å². The first-order valence-electron chi connectivity index (χ1n) is 18.1. The minimum Gasteiger partial charge on any atom is -0.493 e. The summed E-state index contributed by atoms with van der Waals surface area (Å²) in [4.78, 5) is 42.6. The van der Waals surface area contributed by atoms with E-state index in [-0.39, 0.29) is 18.3 Å². The molecule has 3 atom stereocenters. The summed E-state index contributed by atoms with van der Waals surface area (Å²) in [6.07, 6.45) is 4.39. The van der Waals surface area contributed by atoms with Gasteiger partial charge in [-0.3, -0.25) is 9.59 Å². The van der Waals surface area contributed by atoms with Crippen molar-refractivity contribution >= 4 is 17.7 Å². The molecule has 1 amide bonds. The molecule has 1 heterocycles. The van der Waals surface area contributed by atoms with Gasteiger partial charge in [-0.05, 0) is 117 Å². The third-order valence-corrected chi connectivity index (χ3v) is 9.81. The summed E-state index contributed by atoms with van der Waals surface area (Å²) < 4.78 is 28.4. The zero-order chi connectivity index (χ0) is 36.9. The standard InChI is InChI=1S/C42H55NO8/c1-8-36(33-24-30(4)40(49-7)39(26-33)48-6)41(45)43-21-10-9-16-37(43)42(46)51-38(20-19-31-18-17-28(2)29(3)23-31)32-13-11-15-35(25-32)50-27-34(44)14-12-22-47-5/h11,13,15,17-18,23-26,36-38H,8-10,12,14,16,19-22,27H2,1-7H3/t36-,37-,38?/m0/s1. The highest BCUT2D eigenvalue weighted by atomic mass is 16.5. The highest BCUT2D eigenvalue weighted by molar-refractivity contribution is 5.89. The predicted molar refractivity (Wildman–Crippen MR) is 198 cm³/mol. The van der Waals surface area contributed by atoms with Gasteiger partial charge in [-0.2, -0.15) is 0 Å². The molecule has 276 valence electrons. The minimum absolute atomic E-state index is 0.00847. The molecule has 1 unspecified atom stereocenters. The second-order valence-corrected chi connectivity index (χ2v) is 13.5. The Morgan fingerprint density at radius 2 is 1.69 bits per heavy atom. The molecule has 51 heavy (non-hydrogen) atoms. The van der Waals surface area contributed by atoms with Crippen molar-refractivity contribution < 1.29 is 38.1 Å². The predicted octanol–water partition coefficient (Wildman–Crippen LogP) is 7.80. The average Bonchev–Trinajstić information content (AvgIpc) is 3.14. The Kier molecular flexibility index (Phi) is 14.9. The van der Waals surface area contributed by atoms with Crippen LogP contribution in [0.5, 0.6) is 17.2 Å². The number of hydrogen-bond donors (Lipinski definition) is 0. The van der Waals surface area contributed by atoms with Crippen molar-refractivity contribution in [1.29, 1.82) is 0 Å². The number of rotatable bonds is 18. The number of ketones is 1. The molecule has 0 bridgehead atoms. The number of hydrogen-bond acceptors (Lipinski definition) is 8. The second-order valence-electron chi connectivity index (χ2n) is 13.5. The summed E-state index contributed by atoms with van der Waals surface area (Å²) in [5.74, 6) is 0.772. The van der Waals surface area contributed by atoms with Crippen LogP contribution in [0.4, 0.5) is 0 Å². The van der Waals surface area contributed by atoms with Gasteiger partial charge in [-0.1, -0.05) is 43.3 Å². The van der Waals surface area contributed by atoms with Gasteiger partial charge in [0.15, 0.2) is 17.3 Å². The van der Waals surface area contributed by atoms with Gasteiger partial charge in [0.2, 0.25) is 5.91 Å². The van der Waals surface area contributed by atoms with Crippen LogP contribution in [-0.2, 0) is 30.3 Å². The summed E-state index contributed by atoms with van der Waals surface area (Å²) in [5, 5.41) is 0. The number of carbonyl (C=O) groups excluding carboxylic acids is 3. The van der Waals surface area contributed by atoms with E-state index in [2.05, 4.69) is 32.0 Å². The summed E-state index contributed by atoms with van der Waals surface area (Å²) in [6.45, 7) is 9.06. The van der Waals surface area contributed by atoms with Gasteiger partial charge in [0, 0.05) is 26.7 Å². The molecule has 3 aromatic rings. The number of carbonyl (C=O) groups is 3. The van der Waals surface area contributed by atoms with Gasteiger partial charge < -0.3 is 28.6 Å². The number of Topliss-reactive ketones (excluding diaryl/α,β-unsaturated/α-hetero) is 1. The molecule has 0 saturated carbocycles. The number of methoxy groups -OCH3 is 3. The molecule has 3 aromatic carbocycles. The maximum absolute atomic E-state index is 14.3. The lowest BCUT2D eigenvalue weighted by Gasteiger charge is -2.37. The van der Waals surface area contributed by atoms with Crippen molar-refractivity contribution in [2.24, 2.45) is 0 Å². The Morgan fingerprint density at radius 3 is 2.39 bits per heavy atom. The number of esters is 1. The van der Waals surface area contributed by atoms with E-state index in [0.29, 0.717) is 68.9 Å². The summed E-state index contributed by atoms with van der Waals surface area (Å²) in [5.41, 5.74) is 6.06. The van der Waals surface area contributed by atoms with Crippen LogP contribution in [0.1, 0.15) is 97.3 Å². The number of benzene rings is 3. The van der Waals surface area contributed by atoms with E-state index in [1.807, 2.05) is 44.2 Å². The van der Waals surface area contributed by atoms with Crippen LogP contribution in [0.2, 0.25) is 0 Å².